The van der Waals surface area contributed by atoms with Crippen molar-refractivity contribution in [3.8, 4) is 0 Å². The van der Waals surface area contributed by atoms with Gasteiger partial charge in [0.1, 0.15) is 5.82 Å². The van der Waals surface area contributed by atoms with Gasteiger partial charge in [-0.2, -0.15) is 0 Å². The summed E-state index contributed by atoms with van der Waals surface area (Å²) in [6.07, 6.45) is 0. The van der Waals surface area contributed by atoms with Crippen LogP contribution in [0.1, 0.15) is 18.1 Å². The lowest BCUT2D eigenvalue weighted by atomic mass is 10.1. The van der Waals surface area contributed by atoms with Gasteiger partial charge in [-0.25, -0.2) is 4.39 Å². The van der Waals surface area contributed by atoms with Crippen LogP contribution in [-0.4, -0.2) is 43.0 Å². The standard InChI is InChI=1S/C21H26FN3O/c1-15-5-4-6-16(2)20(15)23-21(26)17(3)24-11-13-25(14-12-24)19-9-7-18(22)8-10-19/h4-10,17H,11-14H2,1-3H3,(H,23,26). The molecule has 1 aliphatic heterocycles. The van der Waals surface area contributed by atoms with Crippen LogP contribution >= 0.6 is 0 Å². The summed E-state index contributed by atoms with van der Waals surface area (Å²) in [6, 6.07) is 12.4. The number of aryl methyl sites for hydroxylation is 2. The maximum atomic E-state index is 13.1. The number of nitrogens with zero attached hydrogens (tertiary/aromatic N) is 2. The van der Waals surface area contributed by atoms with Crippen LogP contribution in [0.2, 0.25) is 0 Å². The van der Waals surface area contributed by atoms with E-state index in [0.29, 0.717) is 0 Å². The third-order valence-corrected chi connectivity index (χ3v) is 5.16. The number of anilines is 2. The largest absolute Gasteiger partial charge is 0.369 e. The second kappa shape index (κ2) is 7.87. The van der Waals surface area contributed by atoms with Gasteiger partial charge in [-0.05, 0) is 56.2 Å². The predicted octanol–water partition coefficient (Wildman–Crippen LogP) is 3.59. The predicted molar refractivity (Wildman–Crippen MR) is 104 cm³/mol. The van der Waals surface area contributed by atoms with Gasteiger partial charge < -0.3 is 10.2 Å². The molecular formula is C21H26FN3O. The third kappa shape index (κ3) is 4.05. The first-order valence-corrected chi connectivity index (χ1v) is 9.07. The van der Waals surface area contributed by atoms with E-state index in [0.717, 1.165) is 48.7 Å². The van der Waals surface area contributed by atoms with Crippen LogP contribution in [0.5, 0.6) is 0 Å². The van der Waals surface area contributed by atoms with Gasteiger partial charge in [-0.1, -0.05) is 18.2 Å². The lowest BCUT2D eigenvalue weighted by molar-refractivity contribution is -0.120. The van der Waals surface area contributed by atoms with Crippen LogP contribution in [0, 0.1) is 19.7 Å². The summed E-state index contributed by atoms with van der Waals surface area (Å²) in [5.74, 6) is -0.193. The van der Waals surface area contributed by atoms with Crippen LogP contribution in [0.15, 0.2) is 42.5 Å². The Morgan fingerprint density at radius 1 is 1.00 bits per heavy atom. The smallest absolute Gasteiger partial charge is 0.241 e. The molecule has 5 heteroatoms. The summed E-state index contributed by atoms with van der Waals surface area (Å²) < 4.78 is 13.1. The van der Waals surface area contributed by atoms with Gasteiger partial charge >= 0.3 is 0 Å². The van der Waals surface area contributed by atoms with E-state index in [2.05, 4.69) is 15.1 Å². The van der Waals surface area contributed by atoms with E-state index in [1.54, 1.807) is 0 Å². The molecule has 26 heavy (non-hydrogen) atoms. The summed E-state index contributed by atoms with van der Waals surface area (Å²) in [4.78, 5) is 17.1. The van der Waals surface area contributed by atoms with Crippen molar-refractivity contribution in [1.82, 2.24) is 4.90 Å². The van der Waals surface area contributed by atoms with E-state index < -0.39 is 0 Å². The molecule has 4 nitrogen and oxygen atoms in total. The summed E-state index contributed by atoms with van der Waals surface area (Å²) in [5, 5.41) is 3.09. The van der Waals surface area contributed by atoms with E-state index >= 15 is 0 Å². The highest BCUT2D eigenvalue weighted by Crippen LogP contribution is 2.21. The molecule has 0 aromatic heterocycles. The molecule has 2 aromatic carbocycles. The highest BCUT2D eigenvalue weighted by molar-refractivity contribution is 5.95. The molecule has 1 fully saturated rings. The molecule has 138 valence electrons. The molecule has 1 unspecified atom stereocenters. The second-order valence-corrected chi connectivity index (χ2v) is 6.93. The van der Waals surface area contributed by atoms with Crippen LogP contribution in [0.3, 0.4) is 0 Å². The maximum Gasteiger partial charge on any atom is 0.241 e. The Hall–Kier alpha value is -2.40. The van der Waals surface area contributed by atoms with E-state index in [1.807, 2.05) is 51.1 Å². The third-order valence-electron chi connectivity index (χ3n) is 5.16. The Balaban J connectivity index is 1.58. The molecule has 1 aliphatic rings. The Morgan fingerprint density at radius 2 is 1.58 bits per heavy atom. The first-order chi connectivity index (χ1) is 12.5. The topological polar surface area (TPSA) is 35.6 Å². The van der Waals surface area contributed by atoms with Gasteiger partial charge in [0.05, 0.1) is 6.04 Å². The van der Waals surface area contributed by atoms with Gasteiger partial charge in [0.25, 0.3) is 0 Å². The Morgan fingerprint density at radius 3 is 2.15 bits per heavy atom. The van der Waals surface area contributed by atoms with Crippen molar-refractivity contribution >= 4 is 17.3 Å². The molecule has 1 amide bonds. The number of amides is 1. The number of hydrogen-bond acceptors (Lipinski definition) is 3. The highest BCUT2D eigenvalue weighted by Gasteiger charge is 2.26. The van der Waals surface area contributed by atoms with Crippen LogP contribution < -0.4 is 10.2 Å². The van der Waals surface area contributed by atoms with Crippen molar-refractivity contribution in [1.29, 1.82) is 0 Å². The number of halogens is 1. The number of para-hydroxylation sites is 1. The minimum absolute atomic E-state index is 0.0256. The molecule has 1 atom stereocenters. The number of carbonyl (C=O) groups excluding carboxylic acids is 1. The molecule has 2 aromatic rings. The zero-order valence-corrected chi connectivity index (χ0v) is 15.6. The van der Waals surface area contributed by atoms with Gasteiger partial charge in [0.2, 0.25) is 5.91 Å². The number of carbonyl (C=O) groups is 1. The number of rotatable bonds is 4. The average Bonchev–Trinajstić information content (AvgIpc) is 2.65. The molecule has 3 rings (SSSR count). The number of benzene rings is 2. The summed E-state index contributed by atoms with van der Waals surface area (Å²) in [7, 11) is 0. The second-order valence-electron chi connectivity index (χ2n) is 6.93. The van der Waals surface area contributed by atoms with Gasteiger partial charge in [0.15, 0.2) is 0 Å². The fourth-order valence-electron chi connectivity index (χ4n) is 3.42. The Bertz CT molecular complexity index is 747. The van der Waals surface area contributed by atoms with Crippen LogP contribution in [0.4, 0.5) is 15.8 Å². The Labute approximate surface area is 154 Å². The highest BCUT2D eigenvalue weighted by atomic mass is 19.1. The van der Waals surface area contributed by atoms with E-state index in [9.17, 15) is 9.18 Å². The molecule has 0 saturated carbocycles. The first kappa shape index (κ1) is 18.4. The van der Waals surface area contributed by atoms with Crippen molar-refractivity contribution in [2.75, 3.05) is 36.4 Å². The summed E-state index contributed by atoms with van der Waals surface area (Å²) in [5.41, 5.74) is 4.09. The first-order valence-electron chi connectivity index (χ1n) is 9.07. The van der Waals surface area contributed by atoms with Gasteiger partial charge in [0, 0.05) is 37.6 Å². The van der Waals surface area contributed by atoms with E-state index in [1.165, 1.54) is 12.1 Å². The number of piperazine rings is 1. The van der Waals surface area contributed by atoms with Gasteiger partial charge in [-0.3, -0.25) is 9.69 Å². The summed E-state index contributed by atoms with van der Waals surface area (Å²) >= 11 is 0. The average molecular weight is 355 g/mol. The fourth-order valence-corrected chi connectivity index (χ4v) is 3.42. The molecule has 1 heterocycles. The van der Waals surface area contributed by atoms with Crippen molar-refractivity contribution in [2.24, 2.45) is 0 Å². The lowest BCUT2D eigenvalue weighted by Gasteiger charge is -2.38. The van der Waals surface area contributed by atoms with Crippen molar-refractivity contribution in [3.05, 3.63) is 59.4 Å². The monoisotopic (exact) mass is 355 g/mol. The minimum Gasteiger partial charge on any atom is -0.369 e. The van der Waals surface area contributed by atoms with E-state index in [-0.39, 0.29) is 17.8 Å². The van der Waals surface area contributed by atoms with E-state index in [4.69, 9.17) is 0 Å². The molecule has 0 aliphatic carbocycles. The minimum atomic E-state index is -0.218. The zero-order valence-electron chi connectivity index (χ0n) is 15.6. The molecule has 1 N–H and O–H groups in total. The quantitative estimate of drug-likeness (QED) is 0.910. The van der Waals surface area contributed by atoms with Crippen LogP contribution in [0.25, 0.3) is 0 Å². The molecule has 0 bridgehead atoms. The molecule has 0 spiro atoms. The molecule has 1 saturated heterocycles. The summed E-state index contributed by atoms with van der Waals surface area (Å²) in [6.45, 7) is 9.23. The van der Waals surface area contributed by atoms with Crippen molar-refractivity contribution in [2.45, 2.75) is 26.8 Å². The number of nitrogens with one attached hydrogen (secondary N) is 1. The van der Waals surface area contributed by atoms with Crippen molar-refractivity contribution < 1.29 is 9.18 Å². The normalized spacial score (nSPS) is 16.4. The molecular weight excluding hydrogens is 329 g/mol. The van der Waals surface area contributed by atoms with Gasteiger partial charge in [-0.15, -0.1) is 0 Å². The Kier molecular flexibility index (Phi) is 5.57. The molecule has 0 radical (unpaired) electrons. The number of hydrogen-bond donors (Lipinski definition) is 1. The zero-order chi connectivity index (χ0) is 18.7. The SMILES string of the molecule is Cc1cccc(C)c1NC(=O)C(C)N1CCN(c2ccc(F)cc2)CC1. The maximum absolute atomic E-state index is 13.1. The van der Waals surface area contributed by atoms with Crippen LogP contribution in [-0.2, 0) is 4.79 Å². The fraction of sp³-hybridized carbons (Fsp3) is 0.381. The lowest BCUT2D eigenvalue weighted by Crippen LogP contribution is -2.52. The van der Waals surface area contributed by atoms with Crippen molar-refractivity contribution in [3.63, 3.8) is 0 Å².